The number of nitrogens with two attached hydrogens (primary N) is 1. The number of hydrogen-bond acceptors (Lipinski definition) is 4. The van der Waals surface area contributed by atoms with Gasteiger partial charge in [0.2, 0.25) is 5.91 Å². The first-order valence-corrected chi connectivity index (χ1v) is 8.11. The van der Waals surface area contributed by atoms with Gasteiger partial charge in [0, 0.05) is 45.8 Å². The molecule has 0 spiro atoms. The number of rotatable bonds is 6. The van der Waals surface area contributed by atoms with E-state index in [1.165, 1.54) is 25.7 Å². The minimum absolute atomic E-state index is 0.229. The van der Waals surface area contributed by atoms with Crippen molar-refractivity contribution in [3.05, 3.63) is 0 Å². The van der Waals surface area contributed by atoms with Gasteiger partial charge in [-0.2, -0.15) is 0 Å². The van der Waals surface area contributed by atoms with E-state index in [9.17, 15) is 4.79 Å². The summed E-state index contributed by atoms with van der Waals surface area (Å²) in [6.45, 7) is 6.32. The van der Waals surface area contributed by atoms with Gasteiger partial charge >= 0.3 is 0 Å². The molecule has 2 fully saturated rings. The fraction of sp³-hybridized carbons (Fsp3) is 0.933. The minimum Gasteiger partial charge on any atom is -0.345 e. The van der Waals surface area contributed by atoms with Crippen molar-refractivity contribution in [3.8, 4) is 0 Å². The minimum atomic E-state index is 0.229. The highest BCUT2D eigenvalue weighted by Gasteiger charge is 2.26. The predicted molar refractivity (Wildman–Crippen MR) is 81.6 cm³/mol. The number of carbonyl (C=O) groups is 1. The summed E-state index contributed by atoms with van der Waals surface area (Å²) in [4.78, 5) is 18.8. The molecule has 0 aromatic carbocycles. The third kappa shape index (κ3) is 4.43. The fourth-order valence-electron chi connectivity index (χ4n) is 3.32. The molecule has 2 aliphatic rings. The second kappa shape index (κ2) is 7.96. The van der Waals surface area contributed by atoms with Crippen molar-refractivity contribution in [2.24, 2.45) is 5.73 Å². The number of likely N-dealkylation sites (N-methyl/N-ethyl adjacent to an activating group) is 1. The molecule has 0 radical (unpaired) electrons. The summed E-state index contributed by atoms with van der Waals surface area (Å²) in [6, 6.07) is 0.820. The zero-order chi connectivity index (χ0) is 14.4. The van der Waals surface area contributed by atoms with E-state index in [1.54, 1.807) is 0 Å². The number of carbonyl (C=O) groups excluding carboxylic acids is 1. The van der Waals surface area contributed by atoms with Crippen LogP contribution in [0.15, 0.2) is 0 Å². The maximum Gasteiger partial charge on any atom is 0.236 e. The summed E-state index contributed by atoms with van der Waals surface area (Å²) in [5.41, 5.74) is 5.48. The van der Waals surface area contributed by atoms with Crippen LogP contribution >= 0.6 is 0 Å². The van der Waals surface area contributed by atoms with E-state index < -0.39 is 0 Å². The SMILES string of the molecule is CN(CCCN)C(=O)CN1CCN(C2CCCC2)CC1. The molecule has 1 aliphatic carbocycles. The molecule has 0 unspecified atom stereocenters. The van der Waals surface area contributed by atoms with Gasteiger partial charge in [0.05, 0.1) is 6.54 Å². The zero-order valence-corrected chi connectivity index (χ0v) is 12.9. The van der Waals surface area contributed by atoms with Gasteiger partial charge in [-0.05, 0) is 25.8 Å². The smallest absolute Gasteiger partial charge is 0.236 e. The molecule has 1 heterocycles. The fourth-order valence-corrected chi connectivity index (χ4v) is 3.32. The molecule has 5 heteroatoms. The predicted octanol–water partition coefficient (Wildman–Crippen LogP) is 0.354. The van der Waals surface area contributed by atoms with Crippen molar-refractivity contribution in [1.82, 2.24) is 14.7 Å². The Morgan fingerprint density at radius 2 is 1.85 bits per heavy atom. The lowest BCUT2D eigenvalue weighted by atomic mass is 10.2. The van der Waals surface area contributed by atoms with E-state index in [4.69, 9.17) is 5.73 Å². The van der Waals surface area contributed by atoms with Crippen LogP contribution in [0.4, 0.5) is 0 Å². The van der Waals surface area contributed by atoms with Gasteiger partial charge in [0.1, 0.15) is 0 Å². The quantitative estimate of drug-likeness (QED) is 0.764. The van der Waals surface area contributed by atoms with Crippen LogP contribution in [0.2, 0.25) is 0 Å². The molecule has 1 amide bonds. The normalized spacial score (nSPS) is 22.3. The highest BCUT2D eigenvalue weighted by Crippen LogP contribution is 2.24. The van der Waals surface area contributed by atoms with E-state index >= 15 is 0 Å². The van der Waals surface area contributed by atoms with Crippen LogP contribution in [0, 0.1) is 0 Å². The summed E-state index contributed by atoms with van der Waals surface area (Å²) in [6.07, 6.45) is 6.43. The Hall–Kier alpha value is -0.650. The van der Waals surface area contributed by atoms with Crippen molar-refractivity contribution < 1.29 is 4.79 Å². The third-order valence-electron chi connectivity index (χ3n) is 4.73. The van der Waals surface area contributed by atoms with Crippen LogP contribution in [0.25, 0.3) is 0 Å². The van der Waals surface area contributed by atoms with Crippen LogP contribution in [0.3, 0.4) is 0 Å². The number of amides is 1. The lowest BCUT2D eigenvalue weighted by molar-refractivity contribution is -0.131. The molecule has 20 heavy (non-hydrogen) atoms. The Bertz CT molecular complexity index is 296. The summed E-state index contributed by atoms with van der Waals surface area (Å²) in [7, 11) is 1.88. The van der Waals surface area contributed by atoms with Crippen molar-refractivity contribution in [2.45, 2.75) is 38.1 Å². The zero-order valence-electron chi connectivity index (χ0n) is 12.9. The van der Waals surface area contributed by atoms with Crippen LogP contribution < -0.4 is 5.73 Å². The molecule has 1 aliphatic heterocycles. The molecule has 0 aromatic rings. The number of nitrogens with zero attached hydrogens (tertiary/aromatic N) is 3. The second-order valence-electron chi connectivity index (χ2n) is 6.21. The largest absolute Gasteiger partial charge is 0.345 e. The number of hydrogen-bond donors (Lipinski definition) is 1. The Labute approximate surface area is 123 Å². The molecule has 116 valence electrons. The number of piperazine rings is 1. The Kier molecular flexibility index (Phi) is 6.26. The Morgan fingerprint density at radius 1 is 1.20 bits per heavy atom. The average molecular weight is 282 g/mol. The molecular formula is C15H30N4O. The summed E-state index contributed by atoms with van der Waals surface area (Å²) < 4.78 is 0. The van der Waals surface area contributed by atoms with Gasteiger partial charge in [-0.3, -0.25) is 14.6 Å². The Balaban J connectivity index is 1.67. The van der Waals surface area contributed by atoms with Gasteiger partial charge in [-0.15, -0.1) is 0 Å². The summed E-state index contributed by atoms with van der Waals surface area (Å²) in [5.74, 6) is 0.229. The van der Waals surface area contributed by atoms with Crippen LogP contribution in [0.1, 0.15) is 32.1 Å². The highest BCUT2D eigenvalue weighted by atomic mass is 16.2. The van der Waals surface area contributed by atoms with Crippen molar-refractivity contribution >= 4 is 5.91 Å². The van der Waals surface area contributed by atoms with Crippen molar-refractivity contribution in [3.63, 3.8) is 0 Å². The molecule has 0 bridgehead atoms. The first-order valence-electron chi connectivity index (χ1n) is 8.11. The molecule has 0 atom stereocenters. The van der Waals surface area contributed by atoms with Crippen LogP contribution in [-0.4, -0.2) is 79.5 Å². The summed E-state index contributed by atoms with van der Waals surface area (Å²) >= 11 is 0. The Morgan fingerprint density at radius 3 is 2.45 bits per heavy atom. The third-order valence-corrected chi connectivity index (χ3v) is 4.73. The van der Waals surface area contributed by atoms with Crippen LogP contribution in [0.5, 0.6) is 0 Å². The standard InChI is InChI=1S/C15H30N4O/c1-17(8-4-7-16)15(20)13-18-9-11-19(12-10-18)14-5-2-3-6-14/h14H,2-13,16H2,1H3. The molecule has 1 saturated carbocycles. The highest BCUT2D eigenvalue weighted by molar-refractivity contribution is 5.77. The van der Waals surface area contributed by atoms with Gasteiger partial charge in [0.15, 0.2) is 0 Å². The molecule has 2 rings (SSSR count). The lowest BCUT2D eigenvalue weighted by Gasteiger charge is -2.38. The average Bonchev–Trinajstić information content (AvgIpc) is 2.99. The van der Waals surface area contributed by atoms with Crippen LogP contribution in [-0.2, 0) is 4.79 Å². The topological polar surface area (TPSA) is 52.8 Å². The van der Waals surface area contributed by atoms with Crippen molar-refractivity contribution in [2.75, 3.05) is 52.9 Å². The first-order chi connectivity index (χ1) is 9.70. The second-order valence-corrected chi connectivity index (χ2v) is 6.21. The van der Waals surface area contributed by atoms with E-state index in [0.717, 1.165) is 45.2 Å². The van der Waals surface area contributed by atoms with E-state index in [-0.39, 0.29) is 5.91 Å². The van der Waals surface area contributed by atoms with Gasteiger partial charge in [-0.1, -0.05) is 12.8 Å². The molecule has 2 N–H and O–H groups in total. The lowest BCUT2D eigenvalue weighted by Crippen LogP contribution is -2.52. The molecule has 5 nitrogen and oxygen atoms in total. The maximum absolute atomic E-state index is 12.1. The van der Waals surface area contributed by atoms with Gasteiger partial charge < -0.3 is 10.6 Å². The van der Waals surface area contributed by atoms with Gasteiger partial charge in [-0.25, -0.2) is 0 Å². The van der Waals surface area contributed by atoms with Gasteiger partial charge in [0.25, 0.3) is 0 Å². The molecule has 1 saturated heterocycles. The monoisotopic (exact) mass is 282 g/mol. The van der Waals surface area contributed by atoms with E-state index in [2.05, 4.69) is 9.80 Å². The van der Waals surface area contributed by atoms with E-state index in [0.29, 0.717) is 13.1 Å². The van der Waals surface area contributed by atoms with Crippen molar-refractivity contribution in [1.29, 1.82) is 0 Å². The first kappa shape index (κ1) is 15.7. The molecule has 0 aromatic heterocycles. The van der Waals surface area contributed by atoms with E-state index in [1.807, 2.05) is 11.9 Å². The molecular weight excluding hydrogens is 252 g/mol. The summed E-state index contributed by atoms with van der Waals surface area (Å²) in [5, 5.41) is 0. The maximum atomic E-state index is 12.1.